The standard InChI is InChI=1S/C11H8O3/c12-6-10-9-5-8(13)3-1-7(9)2-4-11(10)14/h1-6,13-14H. The molecule has 14 heavy (non-hydrogen) atoms. The van der Waals surface area contributed by atoms with Crippen molar-refractivity contribution in [2.45, 2.75) is 0 Å². The largest absolute Gasteiger partial charge is 0.508 e. The summed E-state index contributed by atoms with van der Waals surface area (Å²) in [4.78, 5) is 10.7. The summed E-state index contributed by atoms with van der Waals surface area (Å²) in [5.74, 6) is 0.00398. The van der Waals surface area contributed by atoms with Crippen molar-refractivity contribution in [2.75, 3.05) is 0 Å². The average molecular weight is 188 g/mol. The van der Waals surface area contributed by atoms with Gasteiger partial charge in [-0.25, -0.2) is 0 Å². The number of rotatable bonds is 1. The molecule has 70 valence electrons. The molecule has 0 fully saturated rings. The predicted octanol–water partition coefficient (Wildman–Crippen LogP) is 2.06. The highest BCUT2D eigenvalue weighted by molar-refractivity contribution is 6.01. The topological polar surface area (TPSA) is 57.5 Å². The Morgan fingerprint density at radius 3 is 2.50 bits per heavy atom. The van der Waals surface area contributed by atoms with E-state index in [4.69, 9.17) is 0 Å². The Kier molecular flexibility index (Phi) is 1.85. The van der Waals surface area contributed by atoms with Gasteiger partial charge in [-0.05, 0) is 29.0 Å². The van der Waals surface area contributed by atoms with E-state index in [1.807, 2.05) is 0 Å². The molecule has 0 spiro atoms. The SMILES string of the molecule is O=Cc1c(O)ccc2ccc(O)cc12. The molecule has 2 aromatic carbocycles. The Hall–Kier alpha value is -2.03. The van der Waals surface area contributed by atoms with Gasteiger partial charge in [0.25, 0.3) is 0 Å². The first kappa shape index (κ1) is 8.56. The van der Waals surface area contributed by atoms with Gasteiger partial charge in [-0.15, -0.1) is 0 Å². The quantitative estimate of drug-likeness (QED) is 0.673. The highest BCUT2D eigenvalue weighted by Crippen LogP contribution is 2.28. The van der Waals surface area contributed by atoms with Crippen LogP contribution in [-0.2, 0) is 0 Å². The van der Waals surface area contributed by atoms with Gasteiger partial charge in [0.2, 0.25) is 0 Å². The van der Waals surface area contributed by atoms with Crippen LogP contribution in [0.25, 0.3) is 10.8 Å². The molecule has 2 aromatic rings. The van der Waals surface area contributed by atoms with Gasteiger partial charge in [0, 0.05) is 0 Å². The van der Waals surface area contributed by atoms with Crippen molar-refractivity contribution >= 4 is 17.1 Å². The fraction of sp³-hybridized carbons (Fsp3) is 0. The summed E-state index contributed by atoms with van der Waals surface area (Å²) in [5.41, 5.74) is 0.207. The first-order valence-corrected chi connectivity index (χ1v) is 4.12. The van der Waals surface area contributed by atoms with Gasteiger partial charge in [-0.1, -0.05) is 12.1 Å². The number of hydrogen-bond acceptors (Lipinski definition) is 3. The van der Waals surface area contributed by atoms with Crippen molar-refractivity contribution < 1.29 is 15.0 Å². The van der Waals surface area contributed by atoms with E-state index in [-0.39, 0.29) is 17.1 Å². The molecule has 2 rings (SSSR count). The second-order valence-corrected chi connectivity index (χ2v) is 3.02. The lowest BCUT2D eigenvalue weighted by Crippen LogP contribution is -1.84. The van der Waals surface area contributed by atoms with Crippen molar-refractivity contribution in [1.29, 1.82) is 0 Å². The van der Waals surface area contributed by atoms with Crippen LogP contribution in [0.3, 0.4) is 0 Å². The van der Waals surface area contributed by atoms with Gasteiger partial charge in [-0.3, -0.25) is 4.79 Å². The van der Waals surface area contributed by atoms with Crippen molar-refractivity contribution in [3.63, 3.8) is 0 Å². The van der Waals surface area contributed by atoms with Gasteiger partial charge >= 0.3 is 0 Å². The van der Waals surface area contributed by atoms with Crippen LogP contribution < -0.4 is 0 Å². The maximum absolute atomic E-state index is 10.7. The van der Waals surface area contributed by atoms with E-state index < -0.39 is 0 Å². The number of aromatic hydroxyl groups is 2. The molecule has 0 radical (unpaired) electrons. The second kappa shape index (κ2) is 3.03. The monoisotopic (exact) mass is 188 g/mol. The van der Waals surface area contributed by atoms with E-state index in [1.165, 1.54) is 18.2 Å². The van der Waals surface area contributed by atoms with Crippen LogP contribution in [-0.4, -0.2) is 16.5 Å². The minimum atomic E-state index is -0.0712. The number of fused-ring (bicyclic) bond motifs is 1. The fourth-order valence-electron chi connectivity index (χ4n) is 1.44. The van der Waals surface area contributed by atoms with Crippen molar-refractivity contribution in [1.82, 2.24) is 0 Å². The van der Waals surface area contributed by atoms with Gasteiger partial charge < -0.3 is 10.2 Å². The Balaban J connectivity index is 2.91. The zero-order valence-corrected chi connectivity index (χ0v) is 7.27. The van der Waals surface area contributed by atoms with E-state index >= 15 is 0 Å². The minimum absolute atomic E-state index is 0.0712. The first-order chi connectivity index (χ1) is 6.72. The lowest BCUT2D eigenvalue weighted by atomic mass is 10.0. The molecule has 0 amide bonds. The third kappa shape index (κ3) is 1.19. The van der Waals surface area contributed by atoms with Gasteiger partial charge in [0.1, 0.15) is 11.5 Å². The van der Waals surface area contributed by atoms with Gasteiger partial charge in [-0.2, -0.15) is 0 Å². The van der Waals surface area contributed by atoms with Gasteiger partial charge in [0.15, 0.2) is 6.29 Å². The number of aldehydes is 1. The molecule has 0 aliphatic heterocycles. The number of hydrogen-bond donors (Lipinski definition) is 2. The minimum Gasteiger partial charge on any atom is -0.508 e. The molecule has 0 unspecified atom stereocenters. The molecule has 2 N–H and O–H groups in total. The molecule has 3 heteroatoms. The molecule has 0 bridgehead atoms. The summed E-state index contributed by atoms with van der Waals surface area (Å²) >= 11 is 0. The zero-order chi connectivity index (χ0) is 10.1. The molecule has 0 atom stereocenters. The van der Waals surface area contributed by atoms with Crippen LogP contribution >= 0.6 is 0 Å². The number of carbonyl (C=O) groups excluding carboxylic acids is 1. The van der Waals surface area contributed by atoms with Crippen LogP contribution in [0.15, 0.2) is 30.3 Å². The summed E-state index contributed by atoms with van der Waals surface area (Å²) in [6.07, 6.45) is 0.580. The average Bonchev–Trinajstić information content (AvgIpc) is 2.17. The number of phenolic OH excluding ortho intramolecular Hbond substituents is 2. The fourth-order valence-corrected chi connectivity index (χ4v) is 1.44. The number of carbonyl (C=O) groups is 1. The smallest absolute Gasteiger partial charge is 0.154 e. The summed E-state index contributed by atoms with van der Waals surface area (Å²) in [6, 6.07) is 7.84. The Morgan fingerprint density at radius 2 is 1.79 bits per heavy atom. The van der Waals surface area contributed by atoms with E-state index in [9.17, 15) is 15.0 Å². The third-order valence-corrected chi connectivity index (χ3v) is 2.14. The van der Waals surface area contributed by atoms with E-state index in [0.717, 1.165) is 5.39 Å². The Labute approximate surface area is 80.2 Å². The summed E-state index contributed by atoms with van der Waals surface area (Å²) in [6.45, 7) is 0. The maximum atomic E-state index is 10.7. The van der Waals surface area contributed by atoms with Crippen LogP contribution in [0.5, 0.6) is 11.5 Å². The predicted molar refractivity (Wildman–Crippen MR) is 52.7 cm³/mol. The van der Waals surface area contributed by atoms with Gasteiger partial charge in [0.05, 0.1) is 5.56 Å². The maximum Gasteiger partial charge on any atom is 0.154 e. The molecule has 0 aliphatic carbocycles. The van der Waals surface area contributed by atoms with Crippen LogP contribution in [0.2, 0.25) is 0 Å². The second-order valence-electron chi connectivity index (χ2n) is 3.02. The summed E-state index contributed by atoms with van der Waals surface area (Å²) in [7, 11) is 0. The molecule has 0 saturated heterocycles. The zero-order valence-electron chi connectivity index (χ0n) is 7.27. The van der Waals surface area contributed by atoms with E-state index in [2.05, 4.69) is 0 Å². The van der Waals surface area contributed by atoms with Crippen molar-refractivity contribution in [3.8, 4) is 11.5 Å². The van der Waals surface area contributed by atoms with Crippen LogP contribution in [0.1, 0.15) is 10.4 Å². The molecular weight excluding hydrogens is 180 g/mol. The molecule has 0 heterocycles. The molecule has 0 saturated carbocycles. The summed E-state index contributed by atoms with van der Waals surface area (Å²) in [5, 5.41) is 20.0. The van der Waals surface area contributed by atoms with Crippen molar-refractivity contribution in [2.24, 2.45) is 0 Å². The summed E-state index contributed by atoms with van der Waals surface area (Å²) < 4.78 is 0. The van der Waals surface area contributed by atoms with Crippen LogP contribution in [0, 0.1) is 0 Å². The van der Waals surface area contributed by atoms with Crippen molar-refractivity contribution in [3.05, 3.63) is 35.9 Å². The molecule has 3 nitrogen and oxygen atoms in total. The molecule has 0 aliphatic rings. The molecular formula is C11H8O3. The lowest BCUT2D eigenvalue weighted by molar-refractivity contribution is 0.112. The van der Waals surface area contributed by atoms with E-state index in [1.54, 1.807) is 12.1 Å². The highest BCUT2D eigenvalue weighted by atomic mass is 16.3. The van der Waals surface area contributed by atoms with Crippen LogP contribution in [0.4, 0.5) is 0 Å². The third-order valence-electron chi connectivity index (χ3n) is 2.14. The lowest BCUT2D eigenvalue weighted by Gasteiger charge is -2.03. The molecule has 0 aromatic heterocycles. The normalized spacial score (nSPS) is 10.3. The highest BCUT2D eigenvalue weighted by Gasteiger charge is 2.05. The number of benzene rings is 2. The van der Waals surface area contributed by atoms with E-state index in [0.29, 0.717) is 11.7 Å². The first-order valence-electron chi connectivity index (χ1n) is 4.12. The Bertz CT molecular complexity index is 498. The Morgan fingerprint density at radius 1 is 1.07 bits per heavy atom. The number of phenols is 2.